The lowest BCUT2D eigenvalue weighted by Crippen LogP contribution is -2.48. The van der Waals surface area contributed by atoms with Gasteiger partial charge in [0.2, 0.25) is 5.91 Å². The van der Waals surface area contributed by atoms with Crippen molar-refractivity contribution in [2.24, 2.45) is 5.73 Å². The molecule has 1 saturated heterocycles. The highest BCUT2D eigenvalue weighted by Crippen LogP contribution is 2.32. The molecule has 7 nitrogen and oxygen atoms in total. The number of aromatic nitrogens is 4. The molecule has 1 amide bonds. The van der Waals surface area contributed by atoms with E-state index in [0.29, 0.717) is 0 Å². The van der Waals surface area contributed by atoms with Crippen LogP contribution in [0.1, 0.15) is 12.8 Å². The second-order valence-electron chi connectivity index (χ2n) is 5.37. The van der Waals surface area contributed by atoms with E-state index in [0.717, 1.165) is 47.1 Å². The summed E-state index contributed by atoms with van der Waals surface area (Å²) in [7, 11) is 0. The number of primary amides is 1. The van der Waals surface area contributed by atoms with E-state index in [1.807, 2.05) is 23.6 Å². The van der Waals surface area contributed by atoms with Crippen LogP contribution in [0.15, 0.2) is 24.8 Å². The number of nitrogens with two attached hydrogens (primary N) is 1. The Bertz CT molecular complexity index is 857. The molecule has 0 bridgehead atoms. The van der Waals surface area contributed by atoms with Gasteiger partial charge in [-0.25, -0.2) is 15.0 Å². The topological polar surface area (TPSA) is 101 Å². The molecule has 1 fully saturated rings. The van der Waals surface area contributed by atoms with Crippen LogP contribution in [-0.4, -0.2) is 38.4 Å². The Hall–Kier alpha value is -2.70. The smallest absolute Gasteiger partial charge is 0.240 e. The van der Waals surface area contributed by atoms with E-state index in [-0.39, 0.29) is 5.91 Å². The van der Waals surface area contributed by atoms with Crippen LogP contribution in [-0.2, 0) is 4.79 Å². The molecule has 7 heteroatoms. The summed E-state index contributed by atoms with van der Waals surface area (Å²) in [6.07, 6.45) is 8.86. The molecule has 3 N–H and O–H groups in total. The van der Waals surface area contributed by atoms with Gasteiger partial charge >= 0.3 is 0 Å². The normalized spacial score (nSPS) is 18.9. The van der Waals surface area contributed by atoms with E-state index < -0.39 is 6.04 Å². The minimum Gasteiger partial charge on any atom is -0.368 e. The molecule has 1 atom stereocenters. The van der Waals surface area contributed by atoms with Crippen LogP contribution < -0.4 is 10.6 Å². The summed E-state index contributed by atoms with van der Waals surface area (Å²) in [6, 6.07) is 1.51. The van der Waals surface area contributed by atoms with Crippen molar-refractivity contribution >= 4 is 33.7 Å². The van der Waals surface area contributed by atoms with Crippen LogP contribution in [0.25, 0.3) is 21.9 Å². The van der Waals surface area contributed by atoms with Crippen LogP contribution in [0.3, 0.4) is 0 Å². The first kappa shape index (κ1) is 13.0. The highest BCUT2D eigenvalue weighted by Gasteiger charge is 2.29. The average Bonchev–Trinajstić information content (AvgIpc) is 3.03. The van der Waals surface area contributed by atoms with E-state index in [1.165, 1.54) is 6.33 Å². The molecule has 4 rings (SSSR count). The summed E-state index contributed by atoms with van der Waals surface area (Å²) in [5, 5.41) is 1.84. The zero-order valence-corrected chi connectivity index (χ0v) is 11.9. The van der Waals surface area contributed by atoms with Gasteiger partial charge in [-0.2, -0.15) is 0 Å². The molecule has 3 aromatic rings. The predicted molar refractivity (Wildman–Crippen MR) is 83.1 cm³/mol. The van der Waals surface area contributed by atoms with Gasteiger partial charge in [0, 0.05) is 18.1 Å². The average molecular weight is 295 g/mol. The standard InChI is InChI=1S/C15H15N6O/c16-13(22)11-3-1-2-6-21(11)15-12-9-4-5-17-14(9)18-7-10(12)19-8-20-15/h3-5,7-8,11H,1-2,6H2,(H2,16,22)(H,17,18). The summed E-state index contributed by atoms with van der Waals surface area (Å²) >= 11 is 0. The minimum absolute atomic E-state index is 0.356. The maximum atomic E-state index is 11.8. The SMILES string of the molecule is NC(=O)C1[CH]CCCN1c1ncnc2cnc3[nH]ccc3c12. The van der Waals surface area contributed by atoms with Crippen LogP contribution >= 0.6 is 0 Å². The second-order valence-corrected chi connectivity index (χ2v) is 5.37. The van der Waals surface area contributed by atoms with Crippen molar-refractivity contribution < 1.29 is 4.79 Å². The molecular weight excluding hydrogens is 280 g/mol. The number of piperidine rings is 1. The molecule has 0 spiro atoms. The quantitative estimate of drug-likeness (QED) is 0.739. The number of H-pyrrole nitrogens is 1. The first-order valence-corrected chi connectivity index (χ1v) is 7.22. The third kappa shape index (κ3) is 1.89. The van der Waals surface area contributed by atoms with Gasteiger partial charge in [0.1, 0.15) is 23.8 Å². The lowest BCUT2D eigenvalue weighted by molar-refractivity contribution is -0.118. The third-order valence-corrected chi connectivity index (χ3v) is 4.06. The molecular formula is C15H15N6O. The second kappa shape index (κ2) is 4.94. The van der Waals surface area contributed by atoms with Gasteiger partial charge in [-0.05, 0) is 25.3 Å². The monoisotopic (exact) mass is 295 g/mol. The van der Waals surface area contributed by atoms with Crippen LogP contribution in [0.5, 0.6) is 0 Å². The fraction of sp³-hybridized carbons (Fsp3) is 0.267. The summed E-state index contributed by atoms with van der Waals surface area (Å²) in [5.74, 6) is 0.377. The van der Waals surface area contributed by atoms with E-state index in [4.69, 9.17) is 5.73 Å². The number of pyridine rings is 1. The van der Waals surface area contributed by atoms with Gasteiger partial charge in [0.25, 0.3) is 0 Å². The van der Waals surface area contributed by atoms with E-state index >= 15 is 0 Å². The van der Waals surface area contributed by atoms with Gasteiger partial charge in [-0.1, -0.05) is 0 Å². The van der Waals surface area contributed by atoms with Crippen molar-refractivity contribution in [2.75, 3.05) is 11.4 Å². The molecule has 1 aliphatic rings. The fourth-order valence-electron chi connectivity index (χ4n) is 3.07. The van der Waals surface area contributed by atoms with Crippen molar-refractivity contribution in [1.29, 1.82) is 0 Å². The number of amides is 1. The van der Waals surface area contributed by atoms with Crippen LogP contribution in [0, 0.1) is 6.42 Å². The summed E-state index contributed by atoms with van der Waals surface area (Å²) in [6.45, 7) is 0.741. The molecule has 1 aliphatic heterocycles. The van der Waals surface area contributed by atoms with Gasteiger partial charge in [0.05, 0.1) is 17.1 Å². The Kier molecular flexibility index (Phi) is 2.92. The fourth-order valence-corrected chi connectivity index (χ4v) is 3.07. The molecule has 0 aliphatic carbocycles. The van der Waals surface area contributed by atoms with Crippen molar-refractivity contribution in [1.82, 2.24) is 19.9 Å². The molecule has 1 radical (unpaired) electrons. The number of carbonyl (C=O) groups excluding carboxylic acids is 1. The first-order chi connectivity index (χ1) is 10.8. The van der Waals surface area contributed by atoms with Gasteiger partial charge in [-0.3, -0.25) is 4.79 Å². The zero-order chi connectivity index (χ0) is 15.1. The Morgan fingerprint density at radius 2 is 2.27 bits per heavy atom. The van der Waals surface area contributed by atoms with E-state index in [9.17, 15) is 4.79 Å². The summed E-state index contributed by atoms with van der Waals surface area (Å²) in [5.41, 5.74) is 7.09. The van der Waals surface area contributed by atoms with Gasteiger partial charge in [-0.15, -0.1) is 0 Å². The number of aromatic amines is 1. The first-order valence-electron chi connectivity index (χ1n) is 7.22. The number of nitrogens with one attached hydrogen (secondary N) is 1. The molecule has 111 valence electrons. The largest absolute Gasteiger partial charge is 0.368 e. The van der Waals surface area contributed by atoms with E-state index in [1.54, 1.807) is 6.20 Å². The number of nitrogens with zero attached hydrogens (tertiary/aromatic N) is 4. The Labute approximate surface area is 126 Å². The van der Waals surface area contributed by atoms with Crippen molar-refractivity contribution in [3.05, 3.63) is 31.2 Å². The predicted octanol–water partition coefficient (Wildman–Crippen LogP) is 1.16. The van der Waals surface area contributed by atoms with Gasteiger partial charge < -0.3 is 15.6 Å². The Morgan fingerprint density at radius 1 is 1.36 bits per heavy atom. The van der Waals surface area contributed by atoms with Crippen molar-refractivity contribution in [3.8, 4) is 0 Å². The van der Waals surface area contributed by atoms with Crippen LogP contribution in [0.4, 0.5) is 5.82 Å². The Balaban J connectivity index is 1.97. The van der Waals surface area contributed by atoms with Crippen LogP contribution in [0.2, 0.25) is 0 Å². The number of rotatable bonds is 2. The molecule has 0 saturated carbocycles. The highest BCUT2D eigenvalue weighted by atomic mass is 16.1. The minimum atomic E-state index is -0.436. The number of fused-ring (bicyclic) bond motifs is 3. The molecule has 1 unspecified atom stereocenters. The molecule has 0 aromatic carbocycles. The van der Waals surface area contributed by atoms with Crippen molar-refractivity contribution in [2.45, 2.75) is 18.9 Å². The van der Waals surface area contributed by atoms with Crippen molar-refractivity contribution in [3.63, 3.8) is 0 Å². The number of carbonyl (C=O) groups is 1. The summed E-state index contributed by atoms with van der Waals surface area (Å²) < 4.78 is 0. The molecule has 3 aromatic heterocycles. The summed E-state index contributed by atoms with van der Waals surface area (Å²) in [4.78, 5) is 29.9. The number of hydrogen-bond acceptors (Lipinski definition) is 5. The zero-order valence-electron chi connectivity index (χ0n) is 11.9. The Morgan fingerprint density at radius 3 is 3.14 bits per heavy atom. The number of anilines is 1. The maximum Gasteiger partial charge on any atom is 0.240 e. The number of hydrogen-bond donors (Lipinski definition) is 2. The molecule has 4 heterocycles. The maximum absolute atomic E-state index is 11.8. The lowest BCUT2D eigenvalue weighted by atomic mass is 10.0. The van der Waals surface area contributed by atoms with Gasteiger partial charge in [0.15, 0.2) is 0 Å². The molecule has 22 heavy (non-hydrogen) atoms. The third-order valence-electron chi connectivity index (χ3n) is 4.06. The van der Waals surface area contributed by atoms with E-state index in [2.05, 4.69) is 19.9 Å². The lowest BCUT2D eigenvalue weighted by Gasteiger charge is -2.34. The highest BCUT2D eigenvalue weighted by molar-refractivity contribution is 6.09.